The highest BCUT2D eigenvalue weighted by molar-refractivity contribution is 6.53. The smallest absolute Gasteiger partial charge is 0.229 e. The van der Waals surface area contributed by atoms with Crippen molar-refractivity contribution in [2.24, 2.45) is 5.41 Å². The average Bonchev–Trinajstić information content (AvgIpc) is 3.06. The number of nitrogens with one attached hydrogen (secondary N) is 1. The molecule has 1 N–H and O–H groups in total. The first-order chi connectivity index (χ1) is 10.8. The maximum absolute atomic E-state index is 12.7. The predicted octanol–water partition coefficient (Wildman–Crippen LogP) is 5.13. The Kier molecular flexibility index (Phi) is 4.35. The van der Waals surface area contributed by atoms with Crippen LogP contribution in [0.5, 0.6) is 0 Å². The van der Waals surface area contributed by atoms with Gasteiger partial charge in [-0.3, -0.25) is 4.79 Å². The second kappa shape index (κ2) is 6.01. The molecule has 120 valence electrons. The third-order valence-electron chi connectivity index (χ3n) is 4.37. The first-order valence-electron chi connectivity index (χ1n) is 7.33. The van der Waals surface area contributed by atoms with Crippen LogP contribution in [0, 0.1) is 5.41 Å². The Labute approximate surface area is 150 Å². The fourth-order valence-corrected chi connectivity index (χ4v) is 3.43. The summed E-state index contributed by atoms with van der Waals surface area (Å²) in [5.74, 6) is -0.147. The molecule has 1 aliphatic carbocycles. The van der Waals surface area contributed by atoms with Gasteiger partial charge in [0.1, 0.15) is 4.33 Å². The Morgan fingerprint density at radius 3 is 2.09 bits per heavy atom. The molecule has 1 amide bonds. The largest absolute Gasteiger partial charge is 0.345 e. The van der Waals surface area contributed by atoms with Crippen molar-refractivity contribution in [2.45, 2.75) is 23.7 Å². The maximum atomic E-state index is 12.7. The summed E-state index contributed by atoms with van der Waals surface area (Å²) >= 11 is 18.2. The van der Waals surface area contributed by atoms with Gasteiger partial charge in [-0.05, 0) is 36.6 Å². The Morgan fingerprint density at radius 1 is 1.04 bits per heavy atom. The maximum Gasteiger partial charge on any atom is 0.229 e. The van der Waals surface area contributed by atoms with Crippen molar-refractivity contribution >= 4 is 40.7 Å². The predicted molar refractivity (Wildman–Crippen MR) is 95.0 cm³/mol. The lowest BCUT2D eigenvalue weighted by molar-refractivity contribution is -0.126. The van der Waals surface area contributed by atoms with E-state index in [0.717, 1.165) is 11.1 Å². The molecule has 1 fully saturated rings. The Balaban J connectivity index is 1.90. The Hall–Kier alpha value is -1.22. The Bertz CT molecular complexity index is 715. The highest BCUT2D eigenvalue weighted by atomic mass is 35.5. The van der Waals surface area contributed by atoms with Crippen molar-refractivity contribution < 1.29 is 4.79 Å². The lowest BCUT2D eigenvalue weighted by atomic mass is 9.97. The van der Waals surface area contributed by atoms with Gasteiger partial charge < -0.3 is 5.32 Å². The molecule has 2 atom stereocenters. The number of rotatable bonds is 4. The van der Waals surface area contributed by atoms with Crippen LogP contribution in [0.2, 0.25) is 5.02 Å². The van der Waals surface area contributed by atoms with E-state index in [9.17, 15) is 4.79 Å². The van der Waals surface area contributed by atoms with E-state index in [-0.39, 0.29) is 11.9 Å². The van der Waals surface area contributed by atoms with E-state index >= 15 is 0 Å². The van der Waals surface area contributed by atoms with Crippen LogP contribution in [-0.4, -0.2) is 10.2 Å². The molecule has 2 nitrogen and oxygen atoms in total. The average molecular weight is 369 g/mol. The monoisotopic (exact) mass is 367 g/mol. The van der Waals surface area contributed by atoms with Gasteiger partial charge in [-0.15, -0.1) is 23.2 Å². The first-order valence-corrected chi connectivity index (χ1v) is 8.46. The molecule has 0 saturated heterocycles. The van der Waals surface area contributed by atoms with Gasteiger partial charge in [0.05, 0.1) is 11.5 Å². The van der Waals surface area contributed by atoms with Gasteiger partial charge >= 0.3 is 0 Å². The molecular weight excluding hydrogens is 353 g/mol. The highest BCUT2D eigenvalue weighted by Crippen LogP contribution is 2.64. The highest BCUT2D eigenvalue weighted by Gasteiger charge is 2.68. The summed E-state index contributed by atoms with van der Waals surface area (Å²) in [4.78, 5) is 12.7. The number of amides is 1. The van der Waals surface area contributed by atoms with Crippen LogP contribution in [0.1, 0.15) is 30.5 Å². The number of halogens is 3. The summed E-state index contributed by atoms with van der Waals surface area (Å²) in [7, 11) is 0. The SMILES string of the molecule is CC1(C(=O)NC(c2ccccc2)c2ccc(Cl)cc2)CC1(Cl)Cl. The van der Waals surface area contributed by atoms with E-state index in [2.05, 4.69) is 5.32 Å². The molecular formula is C18H16Cl3NO. The quantitative estimate of drug-likeness (QED) is 0.745. The summed E-state index contributed by atoms with van der Waals surface area (Å²) in [6, 6.07) is 16.9. The number of benzene rings is 2. The van der Waals surface area contributed by atoms with Gasteiger partial charge in [-0.1, -0.05) is 54.1 Å². The number of hydrogen-bond acceptors (Lipinski definition) is 1. The number of carbonyl (C=O) groups is 1. The molecule has 2 aromatic carbocycles. The zero-order valence-electron chi connectivity index (χ0n) is 12.5. The van der Waals surface area contributed by atoms with Crippen molar-refractivity contribution in [3.8, 4) is 0 Å². The van der Waals surface area contributed by atoms with Gasteiger partial charge in [-0.25, -0.2) is 0 Å². The van der Waals surface area contributed by atoms with Crippen molar-refractivity contribution in [1.29, 1.82) is 0 Å². The molecule has 5 heteroatoms. The molecule has 0 bridgehead atoms. The molecule has 23 heavy (non-hydrogen) atoms. The molecule has 0 radical (unpaired) electrons. The normalized spacial score (nSPS) is 23.1. The van der Waals surface area contributed by atoms with Crippen LogP contribution in [0.3, 0.4) is 0 Å². The standard InChI is InChI=1S/C18H16Cl3NO/c1-17(11-18(17,20)21)16(23)22-15(12-5-3-2-4-6-12)13-7-9-14(19)10-8-13/h2-10,15H,11H2,1H3,(H,22,23). The van der Waals surface area contributed by atoms with E-state index in [1.54, 1.807) is 6.92 Å². The van der Waals surface area contributed by atoms with Crippen molar-refractivity contribution in [3.63, 3.8) is 0 Å². The minimum atomic E-state index is -0.988. The van der Waals surface area contributed by atoms with Crippen molar-refractivity contribution in [2.75, 3.05) is 0 Å². The lowest BCUT2D eigenvalue weighted by Crippen LogP contribution is -2.36. The summed E-state index contributed by atoms with van der Waals surface area (Å²) in [6.07, 6.45) is 0.455. The molecule has 1 aliphatic rings. The molecule has 2 unspecified atom stereocenters. The van der Waals surface area contributed by atoms with Crippen LogP contribution in [0.4, 0.5) is 0 Å². The topological polar surface area (TPSA) is 29.1 Å². The zero-order valence-corrected chi connectivity index (χ0v) is 14.8. The number of carbonyl (C=O) groups excluding carboxylic acids is 1. The summed E-state index contributed by atoms with van der Waals surface area (Å²) < 4.78 is -0.988. The van der Waals surface area contributed by atoms with E-state index < -0.39 is 9.75 Å². The minimum absolute atomic E-state index is 0.147. The van der Waals surface area contributed by atoms with Crippen LogP contribution in [-0.2, 0) is 4.79 Å². The fourth-order valence-electron chi connectivity index (χ4n) is 2.60. The Morgan fingerprint density at radius 2 is 1.57 bits per heavy atom. The zero-order chi connectivity index (χ0) is 16.7. The molecule has 3 rings (SSSR count). The van der Waals surface area contributed by atoms with Crippen molar-refractivity contribution in [3.05, 3.63) is 70.7 Å². The minimum Gasteiger partial charge on any atom is -0.345 e. The van der Waals surface area contributed by atoms with Gasteiger partial charge in [0, 0.05) is 5.02 Å². The van der Waals surface area contributed by atoms with E-state index in [1.165, 1.54) is 0 Å². The third-order valence-corrected chi connectivity index (χ3v) is 5.72. The second-order valence-corrected chi connectivity index (χ2v) is 8.00. The molecule has 0 aliphatic heterocycles. The summed E-state index contributed by atoms with van der Waals surface area (Å²) in [5.41, 5.74) is 1.19. The van der Waals surface area contributed by atoms with E-state index in [4.69, 9.17) is 34.8 Å². The lowest BCUT2D eigenvalue weighted by Gasteiger charge is -2.22. The van der Waals surface area contributed by atoms with Gasteiger partial charge in [0.2, 0.25) is 5.91 Å². The molecule has 1 saturated carbocycles. The van der Waals surface area contributed by atoms with Crippen molar-refractivity contribution in [1.82, 2.24) is 5.32 Å². The molecule has 0 heterocycles. The summed E-state index contributed by atoms with van der Waals surface area (Å²) in [5, 5.41) is 3.73. The number of hydrogen-bond donors (Lipinski definition) is 1. The first kappa shape index (κ1) is 16.6. The molecule has 0 spiro atoms. The van der Waals surface area contributed by atoms with Gasteiger partial charge in [-0.2, -0.15) is 0 Å². The van der Waals surface area contributed by atoms with Gasteiger partial charge in [0.15, 0.2) is 0 Å². The van der Waals surface area contributed by atoms with Crippen LogP contribution >= 0.6 is 34.8 Å². The van der Waals surface area contributed by atoms with Crippen LogP contribution in [0.25, 0.3) is 0 Å². The van der Waals surface area contributed by atoms with E-state index in [0.29, 0.717) is 11.4 Å². The van der Waals surface area contributed by atoms with Gasteiger partial charge in [0.25, 0.3) is 0 Å². The van der Waals surface area contributed by atoms with E-state index in [1.807, 2.05) is 54.6 Å². The van der Waals surface area contributed by atoms with Crippen LogP contribution < -0.4 is 5.32 Å². The third kappa shape index (κ3) is 3.21. The molecule has 2 aromatic rings. The van der Waals surface area contributed by atoms with Crippen LogP contribution in [0.15, 0.2) is 54.6 Å². The fraction of sp³-hybridized carbons (Fsp3) is 0.278. The summed E-state index contributed by atoms with van der Waals surface area (Å²) in [6.45, 7) is 1.78. The second-order valence-electron chi connectivity index (χ2n) is 6.08. The number of alkyl halides is 2. The molecule has 0 aromatic heterocycles.